The molecule has 0 radical (unpaired) electrons. The van der Waals surface area contributed by atoms with Gasteiger partial charge in [-0.2, -0.15) is 5.10 Å². The van der Waals surface area contributed by atoms with Gasteiger partial charge in [0.1, 0.15) is 9.92 Å². The van der Waals surface area contributed by atoms with Gasteiger partial charge in [0.2, 0.25) is 0 Å². The van der Waals surface area contributed by atoms with Crippen molar-refractivity contribution in [3.05, 3.63) is 11.2 Å². The highest BCUT2D eigenvalue weighted by atomic mass is 35.5. The zero-order valence-electron chi connectivity index (χ0n) is 13.3. The Morgan fingerprint density at radius 3 is 2.30 bits per heavy atom. The van der Waals surface area contributed by atoms with Crippen molar-refractivity contribution in [3.8, 4) is 0 Å². The Labute approximate surface area is 128 Å². The lowest BCUT2D eigenvalue weighted by molar-refractivity contribution is 0.520. The normalized spacial score (nSPS) is 16.3. The summed E-state index contributed by atoms with van der Waals surface area (Å²) in [4.78, 5) is 0. The van der Waals surface area contributed by atoms with Gasteiger partial charge in [0.25, 0.3) is 0 Å². The van der Waals surface area contributed by atoms with Crippen LogP contribution in [0.3, 0.4) is 0 Å². The van der Waals surface area contributed by atoms with E-state index in [9.17, 15) is 4.21 Å². The summed E-state index contributed by atoms with van der Waals surface area (Å²) in [5.41, 5.74) is 0. The van der Waals surface area contributed by atoms with E-state index in [1.54, 1.807) is 10.9 Å². The highest BCUT2D eigenvalue weighted by molar-refractivity contribution is 7.92. The minimum atomic E-state index is -3.07. The predicted octanol–water partition coefficient (Wildman–Crippen LogP) is 3.82. The summed E-state index contributed by atoms with van der Waals surface area (Å²) < 4.78 is 19.0. The Hall–Kier alpha value is -0.373. The fourth-order valence-corrected chi connectivity index (χ4v) is 6.50. The molecule has 1 aromatic rings. The average Bonchev–Trinajstić information content (AvgIpc) is 2.57. The van der Waals surface area contributed by atoms with Crippen molar-refractivity contribution in [3.63, 3.8) is 0 Å². The quantitative estimate of drug-likeness (QED) is 0.852. The molecular weight excluding hydrogens is 312 g/mol. The molecule has 0 spiro atoms. The van der Waals surface area contributed by atoms with Crippen LogP contribution in [-0.2, 0) is 9.92 Å². The Kier molecular flexibility index (Phi) is 4.81. The van der Waals surface area contributed by atoms with E-state index in [1.807, 2.05) is 26.9 Å². The number of rotatable bonds is 3. The maximum absolute atomic E-state index is 12.8. The molecule has 1 rings (SSSR count). The van der Waals surface area contributed by atoms with Crippen LogP contribution in [0.5, 0.6) is 0 Å². The molecule has 116 valence electrons. The molecule has 0 fully saturated rings. The molecule has 2 N–H and O–H groups in total. The number of nitrogens with zero attached hydrogens (tertiary/aromatic N) is 3. The van der Waals surface area contributed by atoms with Crippen LogP contribution in [0.15, 0.2) is 15.3 Å². The molecule has 0 saturated carbocycles. The van der Waals surface area contributed by atoms with E-state index in [0.29, 0.717) is 5.02 Å². The Balaban J connectivity index is 3.41. The van der Waals surface area contributed by atoms with Gasteiger partial charge < -0.3 is 0 Å². The lowest BCUT2D eigenvalue weighted by atomic mass is 10.2. The third-order valence-electron chi connectivity index (χ3n) is 3.66. The summed E-state index contributed by atoms with van der Waals surface area (Å²) in [5, 5.41) is 10.7. The molecule has 0 aromatic carbocycles. The van der Waals surface area contributed by atoms with Crippen molar-refractivity contribution >= 4 is 29.8 Å². The second kappa shape index (κ2) is 5.44. The van der Waals surface area contributed by atoms with Gasteiger partial charge >= 0.3 is 0 Å². The molecule has 1 heterocycles. The van der Waals surface area contributed by atoms with Crippen LogP contribution in [0.25, 0.3) is 0 Å². The fourth-order valence-electron chi connectivity index (χ4n) is 1.33. The van der Waals surface area contributed by atoms with Crippen LogP contribution < -0.4 is 5.14 Å². The zero-order chi connectivity index (χ0) is 15.9. The van der Waals surface area contributed by atoms with E-state index in [-0.39, 0.29) is 16.1 Å². The van der Waals surface area contributed by atoms with E-state index in [0.717, 1.165) is 0 Å². The minimum absolute atomic E-state index is 0.0396. The van der Waals surface area contributed by atoms with E-state index in [4.69, 9.17) is 16.7 Å². The van der Waals surface area contributed by atoms with Gasteiger partial charge in [0.15, 0.2) is 13.3 Å². The van der Waals surface area contributed by atoms with Crippen molar-refractivity contribution in [2.45, 2.75) is 63.8 Å². The Morgan fingerprint density at radius 1 is 1.45 bits per heavy atom. The molecule has 0 aliphatic carbocycles. The highest BCUT2D eigenvalue weighted by Crippen LogP contribution is 2.38. The molecule has 0 aliphatic rings. The molecule has 0 amide bonds. The Bertz CT molecular complexity index is 609. The van der Waals surface area contributed by atoms with Gasteiger partial charge in [-0.15, -0.1) is 0 Å². The first kappa shape index (κ1) is 17.7. The van der Waals surface area contributed by atoms with Crippen molar-refractivity contribution in [1.29, 1.82) is 0 Å². The minimum Gasteiger partial charge on any atom is -0.267 e. The first-order valence-electron chi connectivity index (χ1n) is 6.59. The molecule has 5 nitrogen and oxygen atoms in total. The molecule has 8 heteroatoms. The number of halogens is 1. The second-order valence-electron chi connectivity index (χ2n) is 6.82. The van der Waals surface area contributed by atoms with Crippen molar-refractivity contribution in [2.24, 2.45) is 9.17 Å². The number of hydrogen-bond donors (Lipinski definition) is 1. The van der Waals surface area contributed by atoms with Crippen LogP contribution in [0.2, 0.25) is 23.2 Å². The number of hydrogen-bond acceptors (Lipinski definition) is 3. The van der Waals surface area contributed by atoms with Gasteiger partial charge in [-0.25, -0.2) is 9.35 Å². The molecule has 1 atom stereocenters. The van der Waals surface area contributed by atoms with E-state index in [1.165, 1.54) is 0 Å². The molecule has 0 saturated heterocycles. The largest absolute Gasteiger partial charge is 0.267 e. The van der Waals surface area contributed by atoms with Crippen LogP contribution in [0.4, 0.5) is 0 Å². The van der Waals surface area contributed by atoms with E-state index in [2.05, 4.69) is 29.9 Å². The summed E-state index contributed by atoms with van der Waals surface area (Å²) >= 11 is 6.13. The third kappa shape index (κ3) is 3.63. The predicted molar refractivity (Wildman–Crippen MR) is 87.8 cm³/mol. The van der Waals surface area contributed by atoms with Crippen LogP contribution in [-0.4, -0.2) is 22.2 Å². The molecule has 0 aliphatic heterocycles. The summed E-state index contributed by atoms with van der Waals surface area (Å²) in [6.07, 6.45) is 1.65. The average molecular weight is 337 g/mol. The van der Waals surface area contributed by atoms with Crippen molar-refractivity contribution < 1.29 is 4.21 Å². The molecule has 20 heavy (non-hydrogen) atoms. The fraction of sp³-hybridized carbons (Fsp3) is 0.750. The van der Waals surface area contributed by atoms with Gasteiger partial charge in [-0.1, -0.05) is 32.4 Å². The summed E-state index contributed by atoms with van der Waals surface area (Å²) in [6, 6.07) is 0.129. The van der Waals surface area contributed by atoms with E-state index >= 15 is 0 Å². The highest BCUT2D eigenvalue weighted by Gasteiger charge is 2.38. The summed E-state index contributed by atoms with van der Waals surface area (Å²) in [7, 11) is -5.22. The van der Waals surface area contributed by atoms with Crippen molar-refractivity contribution in [1.82, 2.24) is 9.78 Å². The lowest BCUT2D eigenvalue weighted by Gasteiger charge is -2.32. The summed E-state index contributed by atoms with van der Waals surface area (Å²) in [6.45, 7) is 14.3. The third-order valence-corrected chi connectivity index (χ3v) is 11.5. The van der Waals surface area contributed by atoms with Gasteiger partial charge in [-0.3, -0.25) is 8.71 Å². The number of aromatic nitrogens is 2. The maximum Gasteiger partial charge on any atom is 0.195 e. The molecule has 1 unspecified atom stereocenters. The van der Waals surface area contributed by atoms with Gasteiger partial charge in [0.05, 0.1) is 5.02 Å². The van der Waals surface area contributed by atoms with Crippen LogP contribution in [0, 0.1) is 0 Å². The smallest absolute Gasteiger partial charge is 0.195 e. The number of nitrogens with two attached hydrogens (primary N) is 1. The van der Waals surface area contributed by atoms with Gasteiger partial charge in [0, 0.05) is 12.2 Å². The maximum atomic E-state index is 12.8. The first-order chi connectivity index (χ1) is 8.78. The Morgan fingerprint density at radius 2 is 1.95 bits per heavy atom. The molecule has 1 aromatic heterocycles. The van der Waals surface area contributed by atoms with Gasteiger partial charge in [-0.05, 0) is 32.0 Å². The van der Waals surface area contributed by atoms with Crippen LogP contribution >= 0.6 is 11.6 Å². The first-order valence-corrected chi connectivity index (χ1v) is 11.5. The second-order valence-corrected chi connectivity index (χ2v) is 14.1. The lowest BCUT2D eigenvalue weighted by Crippen LogP contribution is -2.37. The zero-order valence-corrected chi connectivity index (χ0v) is 15.8. The monoisotopic (exact) mass is 336 g/mol. The molecular formula is C12H25ClN4OSSi. The van der Waals surface area contributed by atoms with E-state index < -0.39 is 18.2 Å². The molecule has 0 bridgehead atoms. The van der Waals surface area contributed by atoms with Crippen molar-refractivity contribution in [2.75, 3.05) is 0 Å². The summed E-state index contributed by atoms with van der Waals surface area (Å²) in [5.74, 6) is 0. The SMILES string of the molecule is CC(C)n1cc(Cl)c(S(N)(=O)=N[Si](C)(C)C(C)(C)C)n1. The van der Waals surface area contributed by atoms with Crippen LogP contribution in [0.1, 0.15) is 40.7 Å². The topological polar surface area (TPSA) is 73.3 Å². The standard InChI is InChI=1S/C12H25ClN4OSSi/c1-9(2)17-8-10(13)11(15-17)19(14,18)16-20(6,7)12(3,4)5/h8-9H,1-7H3,(H2,14,16,18).